The molecule has 45 heavy (non-hydrogen) atoms. The third-order valence-electron chi connectivity index (χ3n) is 9.40. The van der Waals surface area contributed by atoms with Gasteiger partial charge in [-0.15, -0.1) is 0 Å². The van der Waals surface area contributed by atoms with Crippen LogP contribution in [0.1, 0.15) is 45.8 Å². The maximum absolute atomic E-state index is 15.0. The molecule has 2 aromatic heterocycles. The number of carbonyl (C=O) groups is 2. The van der Waals surface area contributed by atoms with Gasteiger partial charge in [-0.05, 0) is 66.6 Å². The summed E-state index contributed by atoms with van der Waals surface area (Å²) in [6.45, 7) is 4.92. The van der Waals surface area contributed by atoms with Crippen LogP contribution in [0.4, 0.5) is 17.6 Å². The van der Waals surface area contributed by atoms with Crippen molar-refractivity contribution in [3.63, 3.8) is 0 Å². The molecular weight excluding hydrogens is 586 g/mol. The lowest BCUT2D eigenvalue weighted by molar-refractivity contribution is -0.140. The Hall–Kier alpha value is -4.38. The van der Waals surface area contributed by atoms with Crippen molar-refractivity contribution in [2.75, 3.05) is 33.2 Å². The van der Waals surface area contributed by atoms with Gasteiger partial charge in [0, 0.05) is 68.1 Å². The first-order valence-electron chi connectivity index (χ1n) is 14.9. The number of likely N-dealkylation sites (tertiary alicyclic amines) is 2. The van der Waals surface area contributed by atoms with E-state index in [1.807, 2.05) is 29.2 Å². The highest BCUT2D eigenvalue weighted by molar-refractivity contribution is 6.00. The van der Waals surface area contributed by atoms with E-state index in [0.29, 0.717) is 54.3 Å². The normalized spacial score (nSPS) is 21.8. The summed E-state index contributed by atoms with van der Waals surface area (Å²) in [6.07, 6.45) is -1.13. The van der Waals surface area contributed by atoms with Crippen molar-refractivity contribution < 1.29 is 27.2 Å². The van der Waals surface area contributed by atoms with Crippen molar-refractivity contribution >= 4 is 22.5 Å². The molecule has 1 unspecified atom stereocenters. The van der Waals surface area contributed by atoms with E-state index >= 15 is 0 Å². The summed E-state index contributed by atoms with van der Waals surface area (Å²) >= 11 is 0. The van der Waals surface area contributed by atoms with Gasteiger partial charge in [-0.1, -0.05) is 29.8 Å². The molecule has 2 saturated heterocycles. The van der Waals surface area contributed by atoms with E-state index in [4.69, 9.17) is 0 Å². The number of nitrogens with zero attached hydrogens (tertiary/aromatic N) is 5. The number of hydrogen-bond acceptors (Lipinski definition) is 5. The van der Waals surface area contributed by atoms with Crippen LogP contribution in [0.25, 0.3) is 10.8 Å². The zero-order valence-corrected chi connectivity index (χ0v) is 24.8. The van der Waals surface area contributed by atoms with E-state index in [0.717, 1.165) is 35.5 Å². The summed E-state index contributed by atoms with van der Waals surface area (Å²) in [4.78, 5) is 35.9. The molecule has 1 amide bonds. The van der Waals surface area contributed by atoms with Crippen molar-refractivity contribution in [1.29, 1.82) is 0 Å². The Morgan fingerprint density at radius 1 is 0.956 bits per heavy atom. The van der Waals surface area contributed by atoms with E-state index < -0.39 is 23.6 Å². The van der Waals surface area contributed by atoms with E-state index in [1.54, 1.807) is 25.4 Å². The van der Waals surface area contributed by atoms with Gasteiger partial charge < -0.3 is 9.80 Å². The number of hydrogen-bond donors (Lipinski definition) is 0. The molecule has 0 bridgehead atoms. The van der Waals surface area contributed by atoms with Gasteiger partial charge in [-0.25, -0.2) is 4.39 Å². The third-order valence-corrected chi connectivity index (χ3v) is 9.40. The fourth-order valence-electron chi connectivity index (χ4n) is 7.32. The lowest BCUT2D eigenvalue weighted by atomic mass is 9.85. The fraction of sp³-hybridized carbons (Fsp3) is 0.353. The average Bonchev–Trinajstić information content (AvgIpc) is 3.68. The smallest absolute Gasteiger partial charge is 0.337 e. The summed E-state index contributed by atoms with van der Waals surface area (Å²) < 4.78 is 56.9. The van der Waals surface area contributed by atoms with Gasteiger partial charge in [0.25, 0.3) is 5.91 Å². The number of halogens is 4. The summed E-state index contributed by atoms with van der Waals surface area (Å²) in [5.41, 5.74) is 1.38. The van der Waals surface area contributed by atoms with Crippen molar-refractivity contribution in [3.8, 4) is 0 Å². The lowest BCUT2D eigenvalue weighted by Crippen LogP contribution is -2.33. The Bertz CT molecular complexity index is 1870. The number of alkyl halides is 3. The fourth-order valence-corrected chi connectivity index (χ4v) is 7.32. The van der Waals surface area contributed by atoms with Gasteiger partial charge in [0.1, 0.15) is 11.9 Å². The molecule has 0 aliphatic carbocycles. The zero-order chi connectivity index (χ0) is 31.6. The molecule has 5 heterocycles. The molecule has 0 radical (unpaired) electrons. The SMILES string of the molecule is CC1=C(C(=O)Cc2ccc3cnccc3c2)C(c2ccc(C(F)(F)F)c(F)c2)n2nc(C(=O)N3C[C@H]4CN(C)C[C@H]4C3)cc2C1. The van der Waals surface area contributed by atoms with Crippen molar-refractivity contribution in [1.82, 2.24) is 24.6 Å². The van der Waals surface area contributed by atoms with Gasteiger partial charge in [0.05, 0.1) is 5.56 Å². The number of fused-ring (bicyclic) bond motifs is 3. The number of aromatic nitrogens is 3. The van der Waals surface area contributed by atoms with E-state index in [-0.39, 0.29) is 29.4 Å². The first kappa shape index (κ1) is 29.3. The van der Waals surface area contributed by atoms with Gasteiger partial charge in [0.2, 0.25) is 0 Å². The van der Waals surface area contributed by atoms with Crippen LogP contribution in [0.15, 0.2) is 72.1 Å². The van der Waals surface area contributed by atoms with Crippen LogP contribution >= 0.6 is 0 Å². The predicted molar refractivity (Wildman–Crippen MR) is 159 cm³/mol. The van der Waals surface area contributed by atoms with Crippen LogP contribution in [0.2, 0.25) is 0 Å². The maximum Gasteiger partial charge on any atom is 0.419 e. The summed E-state index contributed by atoms with van der Waals surface area (Å²) in [5.74, 6) is -1.10. The Kier molecular flexibility index (Phi) is 7.11. The van der Waals surface area contributed by atoms with E-state index in [9.17, 15) is 27.2 Å². The standard InChI is InChI=1S/C34H31F4N5O2/c1-19-9-26-13-29(33(45)42-17-24-15-41(2)16-25(24)18-42)40-43(26)32(22-5-6-27(28(35)12-22)34(36,37)38)31(19)30(44)11-20-3-4-23-14-39-8-7-21(23)10-20/h3-8,10,12-14,24-25,32H,9,11,15-18H2,1-2H3/t24-,25+,32?. The molecule has 3 aliphatic rings. The van der Waals surface area contributed by atoms with Crippen LogP contribution in [0, 0.1) is 17.7 Å². The zero-order valence-electron chi connectivity index (χ0n) is 24.8. The molecule has 3 atom stereocenters. The molecule has 2 fully saturated rings. The quantitative estimate of drug-likeness (QED) is 0.277. The van der Waals surface area contributed by atoms with E-state index in [1.165, 1.54) is 10.7 Å². The largest absolute Gasteiger partial charge is 0.419 e. The summed E-state index contributed by atoms with van der Waals surface area (Å²) in [5, 5.41) is 6.50. The second kappa shape index (κ2) is 10.9. The molecule has 232 valence electrons. The van der Waals surface area contributed by atoms with E-state index in [2.05, 4.69) is 22.0 Å². The van der Waals surface area contributed by atoms with Crippen molar-refractivity contribution in [3.05, 3.63) is 106 Å². The molecule has 4 aromatic rings. The molecule has 0 N–H and O–H groups in total. The van der Waals surface area contributed by atoms with Gasteiger partial charge in [-0.3, -0.25) is 19.3 Å². The molecule has 0 saturated carbocycles. The monoisotopic (exact) mass is 617 g/mol. The van der Waals surface area contributed by atoms with Crippen LogP contribution < -0.4 is 0 Å². The number of rotatable bonds is 5. The number of pyridine rings is 1. The molecule has 11 heteroatoms. The Morgan fingerprint density at radius 3 is 2.42 bits per heavy atom. The molecule has 2 aromatic carbocycles. The highest BCUT2D eigenvalue weighted by Gasteiger charge is 2.42. The number of benzene rings is 2. The molecule has 0 spiro atoms. The van der Waals surface area contributed by atoms with Crippen LogP contribution in [-0.2, 0) is 23.8 Å². The average molecular weight is 618 g/mol. The minimum atomic E-state index is -4.87. The van der Waals surface area contributed by atoms with Crippen molar-refractivity contribution in [2.24, 2.45) is 11.8 Å². The highest BCUT2D eigenvalue weighted by Crippen LogP contribution is 2.40. The summed E-state index contributed by atoms with van der Waals surface area (Å²) in [6, 6.07) is 10.9. The highest BCUT2D eigenvalue weighted by atomic mass is 19.4. The minimum absolute atomic E-state index is 0.0257. The lowest BCUT2D eigenvalue weighted by Gasteiger charge is -2.29. The first-order chi connectivity index (χ1) is 21.5. The summed E-state index contributed by atoms with van der Waals surface area (Å²) in [7, 11) is 2.07. The first-order valence-corrected chi connectivity index (χ1v) is 14.9. The molecule has 7 rings (SSSR count). The number of Topliss-reactive ketones (excluding diaryl/α,β-unsaturated/α-hetero) is 1. The third kappa shape index (κ3) is 5.32. The molecular formula is C34H31F4N5O2. The number of ketones is 1. The number of allylic oxidation sites excluding steroid dienone is 2. The van der Waals surface area contributed by atoms with Gasteiger partial charge >= 0.3 is 6.18 Å². The second-order valence-electron chi connectivity index (χ2n) is 12.6. The molecule has 3 aliphatic heterocycles. The topological polar surface area (TPSA) is 71.3 Å². The molecule has 7 nitrogen and oxygen atoms in total. The van der Waals surface area contributed by atoms with Crippen LogP contribution in [0.3, 0.4) is 0 Å². The van der Waals surface area contributed by atoms with Crippen LogP contribution in [0.5, 0.6) is 0 Å². The Morgan fingerprint density at radius 2 is 1.71 bits per heavy atom. The number of carbonyl (C=O) groups excluding carboxylic acids is 2. The Balaban J connectivity index is 1.25. The van der Waals surface area contributed by atoms with Gasteiger partial charge in [-0.2, -0.15) is 18.3 Å². The van der Waals surface area contributed by atoms with Crippen LogP contribution in [-0.4, -0.2) is 69.5 Å². The van der Waals surface area contributed by atoms with Gasteiger partial charge in [0.15, 0.2) is 11.5 Å². The predicted octanol–water partition coefficient (Wildman–Crippen LogP) is 5.50. The van der Waals surface area contributed by atoms with Crippen molar-refractivity contribution in [2.45, 2.75) is 32.0 Å². The Labute approximate surface area is 257 Å². The maximum atomic E-state index is 15.0. The number of amides is 1. The second-order valence-corrected chi connectivity index (χ2v) is 12.6. The minimum Gasteiger partial charge on any atom is -0.337 e.